The predicted octanol–water partition coefficient (Wildman–Crippen LogP) is 5.83. The molecule has 4 unspecified atom stereocenters. The molecule has 2 heterocycles. The van der Waals surface area contributed by atoms with E-state index >= 15 is 0 Å². The summed E-state index contributed by atoms with van der Waals surface area (Å²) in [7, 11) is 1.74. The normalized spacial score (nSPS) is 31.9. The van der Waals surface area contributed by atoms with Crippen molar-refractivity contribution in [3.63, 3.8) is 0 Å². The fraction of sp³-hybridized carbons (Fsp3) is 0.692. The first kappa shape index (κ1) is 22.4. The van der Waals surface area contributed by atoms with Crippen molar-refractivity contribution in [2.24, 2.45) is 11.8 Å². The van der Waals surface area contributed by atoms with Gasteiger partial charge in [-0.1, -0.05) is 37.6 Å². The maximum atomic E-state index is 5.62. The fourth-order valence-electron chi connectivity index (χ4n) is 5.44. The summed E-state index contributed by atoms with van der Waals surface area (Å²) in [4.78, 5) is 2.81. The molecule has 2 aliphatic rings. The predicted molar refractivity (Wildman–Crippen MR) is 122 cm³/mol. The third-order valence-electron chi connectivity index (χ3n) is 7.49. The SMILES string of the molecule is COc1ccc(C2(C)CC(C=C(C)C)N(CC3CCOCC3)C(C)CC2C)cc1. The van der Waals surface area contributed by atoms with Crippen molar-refractivity contribution in [2.75, 3.05) is 26.9 Å². The van der Waals surface area contributed by atoms with Gasteiger partial charge in [0.25, 0.3) is 0 Å². The van der Waals surface area contributed by atoms with Crippen LogP contribution in [0.15, 0.2) is 35.9 Å². The molecule has 3 heteroatoms. The zero-order chi connectivity index (χ0) is 21.0. The molecule has 4 atom stereocenters. The number of hydrogen-bond donors (Lipinski definition) is 0. The van der Waals surface area contributed by atoms with Crippen molar-refractivity contribution < 1.29 is 9.47 Å². The highest BCUT2D eigenvalue weighted by atomic mass is 16.5. The zero-order valence-corrected chi connectivity index (χ0v) is 19.4. The largest absolute Gasteiger partial charge is 0.497 e. The van der Waals surface area contributed by atoms with E-state index in [0.29, 0.717) is 18.0 Å². The Bertz CT molecular complexity index is 672. The zero-order valence-electron chi connectivity index (χ0n) is 19.4. The fourth-order valence-corrected chi connectivity index (χ4v) is 5.44. The van der Waals surface area contributed by atoms with Crippen LogP contribution < -0.4 is 4.74 Å². The summed E-state index contributed by atoms with van der Waals surface area (Å²) in [6.45, 7) is 14.9. The summed E-state index contributed by atoms with van der Waals surface area (Å²) in [6, 6.07) is 9.89. The van der Waals surface area contributed by atoms with Gasteiger partial charge in [0.1, 0.15) is 5.75 Å². The molecule has 3 rings (SSSR count). The smallest absolute Gasteiger partial charge is 0.118 e. The number of likely N-dealkylation sites (tertiary alicyclic amines) is 1. The van der Waals surface area contributed by atoms with Crippen molar-refractivity contribution in [1.82, 2.24) is 4.90 Å². The van der Waals surface area contributed by atoms with E-state index in [1.54, 1.807) is 7.11 Å². The van der Waals surface area contributed by atoms with E-state index in [-0.39, 0.29) is 5.41 Å². The molecule has 2 fully saturated rings. The Morgan fingerprint density at radius 2 is 1.83 bits per heavy atom. The third-order valence-corrected chi connectivity index (χ3v) is 7.49. The number of allylic oxidation sites excluding steroid dienone is 1. The Balaban J connectivity index is 1.91. The molecule has 0 aromatic heterocycles. The molecule has 0 aliphatic carbocycles. The second-order valence-corrected chi connectivity index (χ2v) is 9.90. The molecule has 29 heavy (non-hydrogen) atoms. The number of nitrogens with zero attached hydrogens (tertiary/aromatic N) is 1. The number of hydrogen-bond acceptors (Lipinski definition) is 3. The maximum absolute atomic E-state index is 5.62. The van der Waals surface area contributed by atoms with Gasteiger partial charge in [-0.3, -0.25) is 4.90 Å². The first-order valence-corrected chi connectivity index (χ1v) is 11.5. The summed E-state index contributed by atoms with van der Waals surface area (Å²) in [5.41, 5.74) is 3.02. The van der Waals surface area contributed by atoms with Crippen molar-refractivity contribution in [2.45, 2.75) is 77.8 Å². The van der Waals surface area contributed by atoms with E-state index in [4.69, 9.17) is 9.47 Å². The summed E-state index contributed by atoms with van der Waals surface area (Å²) >= 11 is 0. The van der Waals surface area contributed by atoms with Crippen LogP contribution in [-0.4, -0.2) is 43.9 Å². The van der Waals surface area contributed by atoms with Crippen molar-refractivity contribution in [3.8, 4) is 5.75 Å². The molecule has 0 saturated carbocycles. The van der Waals surface area contributed by atoms with Gasteiger partial charge < -0.3 is 9.47 Å². The highest BCUT2D eigenvalue weighted by molar-refractivity contribution is 5.33. The van der Waals surface area contributed by atoms with E-state index in [0.717, 1.165) is 24.9 Å². The molecule has 2 saturated heterocycles. The lowest BCUT2D eigenvalue weighted by atomic mass is 9.68. The molecule has 162 valence electrons. The topological polar surface area (TPSA) is 21.7 Å². The van der Waals surface area contributed by atoms with Gasteiger partial charge in [-0.25, -0.2) is 0 Å². The first-order chi connectivity index (χ1) is 13.8. The van der Waals surface area contributed by atoms with E-state index in [1.807, 2.05) is 0 Å². The van der Waals surface area contributed by atoms with Crippen LogP contribution in [0.1, 0.15) is 65.9 Å². The molecular formula is C26H41NO2. The van der Waals surface area contributed by atoms with Gasteiger partial charge in [0.2, 0.25) is 0 Å². The lowest BCUT2D eigenvalue weighted by molar-refractivity contribution is 0.0403. The van der Waals surface area contributed by atoms with Gasteiger partial charge in [-0.15, -0.1) is 0 Å². The lowest BCUT2D eigenvalue weighted by Gasteiger charge is -2.39. The second kappa shape index (κ2) is 9.66. The molecule has 1 aromatic carbocycles. The van der Waals surface area contributed by atoms with Crippen LogP contribution >= 0.6 is 0 Å². The Kier molecular flexibility index (Phi) is 7.45. The molecule has 0 radical (unpaired) electrons. The Hall–Kier alpha value is -1.32. The van der Waals surface area contributed by atoms with Gasteiger partial charge in [-0.2, -0.15) is 0 Å². The summed E-state index contributed by atoms with van der Waals surface area (Å²) in [6.07, 6.45) is 7.33. The van der Waals surface area contributed by atoms with E-state index in [2.05, 4.69) is 69.9 Å². The Labute approximate surface area is 178 Å². The second-order valence-electron chi connectivity index (χ2n) is 9.90. The van der Waals surface area contributed by atoms with E-state index < -0.39 is 0 Å². The molecule has 1 aromatic rings. The quantitative estimate of drug-likeness (QED) is 0.581. The molecule has 0 spiro atoms. The molecule has 0 N–H and O–H groups in total. The Morgan fingerprint density at radius 3 is 2.41 bits per heavy atom. The minimum absolute atomic E-state index is 0.154. The number of rotatable bonds is 5. The Morgan fingerprint density at radius 1 is 1.17 bits per heavy atom. The minimum Gasteiger partial charge on any atom is -0.497 e. The summed E-state index contributed by atoms with van der Waals surface area (Å²) in [5.74, 6) is 2.33. The average molecular weight is 400 g/mol. The first-order valence-electron chi connectivity index (χ1n) is 11.5. The van der Waals surface area contributed by atoms with Crippen LogP contribution in [0, 0.1) is 11.8 Å². The molecule has 0 bridgehead atoms. The third kappa shape index (κ3) is 5.24. The maximum Gasteiger partial charge on any atom is 0.118 e. The van der Waals surface area contributed by atoms with E-state index in [1.165, 1.54) is 43.4 Å². The molecule has 3 nitrogen and oxygen atoms in total. The van der Waals surface area contributed by atoms with Crippen LogP contribution in [0.25, 0.3) is 0 Å². The van der Waals surface area contributed by atoms with Gasteiger partial charge >= 0.3 is 0 Å². The number of ether oxygens (including phenoxy) is 2. The van der Waals surface area contributed by atoms with Gasteiger partial charge in [0.05, 0.1) is 7.11 Å². The number of benzene rings is 1. The summed E-state index contributed by atoms with van der Waals surface area (Å²) < 4.78 is 11.0. The summed E-state index contributed by atoms with van der Waals surface area (Å²) in [5, 5.41) is 0. The van der Waals surface area contributed by atoms with E-state index in [9.17, 15) is 0 Å². The lowest BCUT2D eigenvalue weighted by Crippen LogP contribution is -2.44. The van der Waals surface area contributed by atoms with Crippen LogP contribution in [0.2, 0.25) is 0 Å². The van der Waals surface area contributed by atoms with Gasteiger partial charge in [0, 0.05) is 31.8 Å². The average Bonchev–Trinajstić information content (AvgIpc) is 2.79. The van der Waals surface area contributed by atoms with Crippen molar-refractivity contribution in [3.05, 3.63) is 41.5 Å². The van der Waals surface area contributed by atoms with Crippen LogP contribution in [0.4, 0.5) is 0 Å². The number of methoxy groups -OCH3 is 1. The van der Waals surface area contributed by atoms with Crippen LogP contribution in [0.3, 0.4) is 0 Å². The molecule has 2 aliphatic heterocycles. The standard InChI is InChI=1S/C26H41NO2/c1-19(2)15-24-17-26(5,23-7-9-25(28-6)10-8-23)20(3)16-21(4)27(24)18-22-11-13-29-14-12-22/h7-10,15,20-22,24H,11-14,16-18H2,1-6H3. The molecular weight excluding hydrogens is 358 g/mol. The highest BCUT2D eigenvalue weighted by Crippen LogP contribution is 2.44. The van der Waals surface area contributed by atoms with Gasteiger partial charge in [0.15, 0.2) is 0 Å². The van der Waals surface area contributed by atoms with Crippen molar-refractivity contribution in [1.29, 1.82) is 0 Å². The van der Waals surface area contributed by atoms with Crippen molar-refractivity contribution >= 4 is 0 Å². The molecule has 0 amide bonds. The highest BCUT2D eigenvalue weighted by Gasteiger charge is 2.42. The van der Waals surface area contributed by atoms with Crippen LogP contribution in [-0.2, 0) is 10.2 Å². The monoisotopic (exact) mass is 399 g/mol. The minimum atomic E-state index is 0.154. The van der Waals surface area contributed by atoms with Crippen LogP contribution in [0.5, 0.6) is 5.75 Å². The van der Waals surface area contributed by atoms with Gasteiger partial charge in [-0.05, 0) is 81.4 Å².